The van der Waals surface area contributed by atoms with Gasteiger partial charge in [0.1, 0.15) is 0 Å². The van der Waals surface area contributed by atoms with Gasteiger partial charge in [0.25, 0.3) is 0 Å². The summed E-state index contributed by atoms with van der Waals surface area (Å²) in [5.74, 6) is 1.15. The maximum absolute atomic E-state index is 12.6. The molecule has 2 N–H and O–H groups in total. The minimum atomic E-state index is -0.280. The third-order valence-electron chi connectivity index (χ3n) is 5.20. The number of nitrogens with one attached hydrogen (secondary N) is 2. The van der Waals surface area contributed by atoms with Crippen LogP contribution in [0.5, 0.6) is 0 Å². The van der Waals surface area contributed by atoms with Crippen molar-refractivity contribution in [2.24, 2.45) is 10.9 Å². The molecular weight excluding hydrogens is 378 g/mol. The fourth-order valence-corrected chi connectivity index (χ4v) is 3.73. The SMILES string of the molecule is CN=C(NCC(=O)N1CCC(Cc2ccccc2)CC1)N(C)CC(=O)NC(C)(C)C. The zero-order valence-electron chi connectivity index (χ0n) is 19.1. The fourth-order valence-electron chi connectivity index (χ4n) is 3.73. The molecule has 1 aliphatic rings. The Hall–Kier alpha value is -2.57. The monoisotopic (exact) mass is 415 g/mol. The largest absolute Gasteiger partial charge is 0.350 e. The Labute approximate surface area is 180 Å². The number of rotatable bonds is 6. The average Bonchev–Trinajstić information content (AvgIpc) is 2.68. The second-order valence-corrected chi connectivity index (χ2v) is 9.07. The first-order chi connectivity index (χ1) is 14.2. The Morgan fingerprint density at radius 3 is 2.37 bits per heavy atom. The molecule has 0 atom stereocenters. The van der Waals surface area contributed by atoms with Crippen LogP contribution in [0.25, 0.3) is 0 Å². The molecule has 1 aromatic rings. The van der Waals surface area contributed by atoms with Crippen molar-refractivity contribution in [3.8, 4) is 0 Å². The van der Waals surface area contributed by atoms with Gasteiger partial charge in [0.2, 0.25) is 11.8 Å². The zero-order chi connectivity index (χ0) is 22.1. The van der Waals surface area contributed by atoms with Crippen LogP contribution in [-0.2, 0) is 16.0 Å². The molecule has 7 heteroatoms. The first-order valence-electron chi connectivity index (χ1n) is 10.7. The van der Waals surface area contributed by atoms with Crippen molar-refractivity contribution in [2.75, 3.05) is 40.3 Å². The zero-order valence-corrected chi connectivity index (χ0v) is 19.1. The standard InChI is InChI=1S/C23H37N5O2/c1-23(2,3)26-20(29)17-27(5)22(24-4)25-16-21(30)28-13-11-19(12-14-28)15-18-9-7-6-8-10-18/h6-10,19H,11-17H2,1-5H3,(H,24,25)(H,26,29). The molecule has 0 bridgehead atoms. The first-order valence-corrected chi connectivity index (χ1v) is 10.7. The number of carbonyl (C=O) groups is 2. The lowest BCUT2D eigenvalue weighted by Gasteiger charge is -2.32. The molecule has 0 unspecified atom stereocenters. The van der Waals surface area contributed by atoms with Crippen molar-refractivity contribution in [1.29, 1.82) is 0 Å². The van der Waals surface area contributed by atoms with Crippen LogP contribution < -0.4 is 10.6 Å². The number of nitrogens with zero attached hydrogens (tertiary/aromatic N) is 3. The second-order valence-electron chi connectivity index (χ2n) is 9.07. The van der Waals surface area contributed by atoms with E-state index in [4.69, 9.17) is 0 Å². The molecule has 1 heterocycles. The van der Waals surface area contributed by atoms with E-state index in [1.807, 2.05) is 31.7 Å². The van der Waals surface area contributed by atoms with E-state index in [-0.39, 0.29) is 30.4 Å². The number of hydrogen-bond acceptors (Lipinski definition) is 3. The van der Waals surface area contributed by atoms with Crippen LogP contribution in [0.1, 0.15) is 39.2 Å². The van der Waals surface area contributed by atoms with Gasteiger partial charge in [-0.15, -0.1) is 0 Å². The fraction of sp³-hybridized carbons (Fsp3) is 0.609. The summed E-state index contributed by atoms with van der Waals surface area (Å²) in [4.78, 5) is 32.6. The van der Waals surface area contributed by atoms with Crippen LogP contribution in [0.2, 0.25) is 0 Å². The van der Waals surface area contributed by atoms with E-state index in [0.29, 0.717) is 11.9 Å². The van der Waals surface area contributed by atoms with E-state index in [1.54, 1.807) is 19.0 Å². The summed E-state index contributed by atoms with van der Waals surface area (Å²) in [6.07, 6.45) is 3.14. The highest BCUT2D eigenvalue weighted by atomic mass is 16.2. The molecule has 0 spiro atoms. The van der Waals surface area contributed by atoms with E-state index in [2.05, 4.69) is 39.9 Å². The number of guanidine groups is 1. The Kier molecular flexibility index (Phi) is 8.69. The number of amides is 2. The predicted molar refractivity (Wildman–Crippen MR) is 121 cm³/mol. The predicted octanol–water partition coefficient (Wildman–Crippen LogP) is 1.89. The van der Waals surface area contributed by atoms with E-state index in [0.717, 1.165) is 32.4 Å². The van der Waals surface area contributed by atoms with Crippen LogP contribution in [-0.4, -0.2) is 73.4 Å². The summed E-state index contributed by atoms with van der Waals surface area (Å²) in [7, 11) is 3.44. The summed E-state index contributed by atoms with van der Waals surface area (Å²) < 4.78 is 0. The van der Waals surface area contributed by atoms with E-state index in [1.165, 1.54) is 5.56 Å². The number of aliphatic imine (C=N–C) groups is 1. The lowest BCUT2D eigenvalue weighted by Crippen LogP contribution is -2.50. The van der Waals surface area contributed by atoms with Crippen LogP contribution in [0.15, 0.2) is 35.3 Å². The molecule has 2 rings (SSSR count). The van der Waals surface area contributed by atoms with Crippen LogP contribution >= 0.6 is 0 Å². The van der Waals surface area contributed by atoms with Gasteiger partial charge in [0.15, 0.2) is 5.96 Å². The van der Waals surface area contributed by atoms with Crippen LogP contribution in [0.3, 0.4) is 0 Å². The molecule has 1 fully saturated rings. The van der Waals surface area contributed by atoms with Gasteiger partial charge in [-0.25, -0.2) is 0 Å². The smallest absolute Gasteiger partial charge is 0.241 e. The number of hydrogen-bond donors (Lipinski definition) is 2. The van der Waals surface area contributed by atoms with E-state index >= 15 is 0 Å². The van der Waals surface area contributed by atoms with Crippen LogP contribution in [0, 0.1) is 5.92 Å². The number of benzene rings is 1. The number of likely N-dealkylation sites (tertiary alicyclic amines) is 1. The van der Waals surface area contributed by atoms with Crippen molar-refractivity contribution in [2.45, 2.75) is 45.6 Å². The summed E-state index contributed by atoms with van der Waals surface area (Å²) in [6.45, 7) is 7.77. The maximum Gasteiger partial charge on any atom is 0.241 e. The Bertz CT molecular complexity index is 719. The lowest BCUT2D eigenvalue weighted by molar-refractivity contribution is -0.131. The molecule has 7 nitrogen and oxygen atoms in total. The average molecular weight is 416 g/mol. The van der Waals surface area contributed by atoms with E-state index < -0.39 is 0 Å². The minimum absolute atomic E-state index is 0.0712. The minimum Gasteiger partial charge on any atom is -0.350 e. The third kappa shape index (κ3) is 8.05. The molecule has 0 aliphatic carbocycles. The van der Waals surface area contributed by atoms with Gasteiger partial charge in [0, 0.05) is 32.7 Å². The van der Waals surface area contributed by atoms with Crippen molar-refractivity contribution < 1.29 is 9.59 Å². The topological polar surface area (TPSA) is 77.0 Å². The molecule has 30 heavy (non-hydrogen) atoms. The van der Waals surface area contributed by atoms with Gasteiger partial charge < -0.3 is 20.4 Å². The summed E-state index contributed by atoms with van der Waals surface area (Å²) >= 11 is 0. The van der Waals surface area contributed by atoms with Crippen molar-refractivity contribution in [1.82, 2.24) is 20.4 Å². The molecule has 1 aliphatic heterocycles. The van der Waals surface area contributed by atoms with Crippen molar-refractivity contribution >= 4 is 17.8 Å². The molecule has 0 aromatic heterocycles. The molecular formula is C23H37N5O2. The summed E-state index contributed by atoms with van der Waals surface area (Å²) in [6, 6.07) is 10.5. The third-order valence-corrected chi connectivity index (χ3v) is 5.20. The Morgan fingerprint density at radius 2 is 1.80 bits per heavy atom. The highest BCUT2D eigenvalue weighted by molar-refractivity contribution is 5.89. The molecule has 1 aromatic carbocycles. The van der Waals surface area contributed by atoms with Gasteiger partial charge >= 0.3 is 0 Å². The number of likely N-dealkylation sites (N-methyl/N-ethyl adjacent to an activating group) is 1. The van der Waals surface area contributed by atoms with Crippen LogP contribution in [0.4, 0.5) is 0 Å². The summed E-state index contributed by atoms with van der Waals surface area (Å²) in [5, 5.41) is 6.02. The lowest BCUT2D eigenvalue weighted by atomic mass is 9.90. The quantitative estimate of drug-likeness (QED) is 0.550. The highest BCUT2D eigenvalue weighted by Gasteiger charge is 2.23. The van der Waals surface area contributed by atoms with Gasteiger partial charge in [-0.1, -0.05) is 30.3 Å². The van der Waals surface area contributed by atoms with Gasteiger partial charge in [0.05, 0.1) is 13.1 Å². The van der Waals surface area contributed by atoms with Gasteiger partial charge in [-0.05, 0) is 51.5 Å². The Balaban J connectivity index is 1.74. The molecule has 166 valence electrons. The van der Waals surface area contributed by atoms with Gasteiger partial charge in [-0.2, -0.15) is 0 Å². The Morgan fingerprint density at radius 1 is 1.17 bits per heavy atom. The molecule has 0 radical (unpaired) electrons. The summed E-state index contributed by atoms with van der Waals surface area (Å²) in [5.41, 5.74) is 1.09. The highest BCUT2D eigenvalue weighted by Crippen LogP contribution is 2.21. The van der Waals surface area contributed by atoms with Crippen molar-refractivity contribution in [3.05, 3.63) is 35.9 Å². The normalized spacial score (nSPS) is 15.6. The van der Waals surface area contributed by atoms with Crippen molar-refractivity contribution in [3.63, 3.8) is 0 Å². The molecule has 2 amide bonds. The van der Waals surface area contributed by atoms with E-state index in [9.17, 15) is 9.59 Å². The first kappa shape index (κ1) is 23.7. The second kappa shape index (κ2) is 11.0. The maximum atomic E-state index is 12.6. The molecule has 1 saturated heterocycles. The molecule has 0 saturated carbocycles. The number of carbonyl (C=O) groups excluding carboxylic acids is 2. The van der Waals surface area contributed by atoms with Gasteiger partial charge in [-0.3, -0.25) is 14.6 Å². The number of piperidine rings is 1.